The topological polar surface area (TPSA) is 46.5 Å². The minimum atomic E-state index is -0.748. The maximum absolute atomic E-state index is 11.1. The molecule has 3 nitrogen and oxygen atoms in total. The van der Waals surface area contributed by atoms with Crippen molar-refractivity contribution in [1.82, 2.24) is 0 Å². The second-order valence-corrected chi connectivity index (χ2v) is 5.23. The second-order valence-electron chi connectivity index (χ2n) is 4.38. The van der Waals surface area contributed by atoms with Crippen molar-refractivity contribution < 1.29 is 14.6 Å². The SMILES string of the molecule is O=C(O)C(COc1ccccc1Br)C1CCC1. The molecule has 1 saturated carbocycles. The van der Waals surface area contributed by atoms with Crippen LogP contribution in [0.5, 0.6) is 5.75 Å². The van der Waals surface area contributed by atoms with Crippen LogP contribution in [0.2, 0.25) is 0 Å². The number of rotatable bonds is 5. The summed E-state index contributed by atoms with van der Waals surface area (Å²) < 4.78 is 6.45. The average molecular weight is 299 g/mol. The number of carbonyl (C=O) groups is 1. The molecule has 0 heterocycles. The molecular weight excluding hydrogens is 284 g/mol. The molecule has 1 unspecified atom stereocenters. The average Bonchev–Trinajstić information content (AvgIpc) is 2.23. The Morgan fingerprint density at radius 1 is 1.47 bits per heavy atom. The van der Waals surface area contributed by atoms with Gasteiger partial charge in [-0.15, -0.1) is 0 Å². The number of carboxylic acids is 1. The minimum Gasteiger partial charge on any atom is -0.491 e. The predicted molar refractivity (Wildman–Crippen MR) is 68.1 cm³/mol. The highest BCUT2D eigenvalue weighted by molar-refractivity contribution is 9.10. The van der Waals surface area contributed by atoms with E-state index in [0.29, 0.717) is 5.75 Å². The van der Waals surface area contributed by atoms with E-state index >= 15 is 0 Å². The third kappa shape index (κ3) is 3.00. The first-order chi connectivity index (χ1) is 8.18. The van der Waals surface area contributed by atoms with Crippen LogP contribution in [0.25, 0.3) is 0 Å². The molecule has 4 heteroatoms. The molecule has 1 aromatic carbocycles. The molecule has 0 aliphatic heterocycles. The molecule has 92 valence electrons. The summed E-state index contributed by atoms with van der Waals surface area (Å²) in [5, 5.41) is 9.16. The van der Waals surface area contributed by atoms with Crippen LogP contribution in [-0.2, 0) is 4.79 Å². The van der Waals surface area contributed by atoms with Gasteiger partial charge in [-0.3, -0.25) is 4.79 Å². The lowest BCUT2D eigenvalue weighted by Gasteiger charge is -2.30. The third-order valence-electron chi connectivity index (χ3n) is 3.29. The number of hydrogen-bond donors (Lipinski definition) is 1. The van der Waals surface area contributed by atoms with Gasteiger partial charge in [0.2, 0.25) is 0 Å². The van der Waals surface area contributed by atoms with E-state index in [9.17, 15) is 4.79 Å². The lowest BCUT2D eigenvalue weighted by atomic mass is 9.76. The van der Waals surface area contributed by atoms with Gasteiger partial charge in [-0.05, 0) is 46.8 Å². The van der Waals surface area contributed by atoms with E-state index in [0.717, 1.165) is 23.7 Å². The van der Waals surface area contributed by atoms with E-state index in [1.807, 2.05) is 24.3 Å². The van der Waals surface area contributed by atoms with Crippen LogP contribution in [0.3, 0.4) is 0 Å². The molecule has 0 saturated heterocycles. The first kappa shape index (κ1) is 12.4. The van der Waals surface area contributed by atoms with Crippen LogP contribution in [-0.4, -0.2) is 17.7 Å². The van der Waals surface area contributed by atoms with Gasteiger partial charge in [-0.1, -0.05) is 18.6 Å². The molecule has 0 aromatic heterocycles. The van der Waals surface area contributed by atoms with Gasteiger partial charge < -0.3 is 9.84 Å². The molecule has 0 bridgehead atoms. The van der Waals surface area contributed by atoms with Crippen molar-refractivity contribution in [3.8, 4) is 5.75 Å². The zero-order chi connectivity index (χ0) is 12.3. The van der Waals surface area contributed by atoms with Crippen LogP contribution in [0.15, 0.2) is 28.7 Å². The zero-order valence-corrected chi connectivity index (χ0v) is 11.0. The van der Waals surface area contributed by atoms with Crippen molar-refractivity contribution in [2.45, 2.75) is 19.3 Å². The number of para-hydroxylation sites is 1. The fourth-order valence-electron chi connectivity index (χ4n) is 1.99. The Balaban J connectivity index is 1.95. The van der Waals surface area contributed by atoms with Crippen LogP contribution >= 0.6 is 15.9 Å². The molecule has 1 aliphatic rings. The van der Waals surface area contributed by atoms with E-state index in [-0.39, 0.29) is 18.4 Å². The van der Waals surface area contributed by atoms with Crippen LogP contribution in [0.4, 0.5) is 0 Å². The molecule has 17 heavy (non-hydrogen) atoms. The van der Waals surface area contributed by atoms with Crippen LogP contribution in [0.1, 0.15) is 19.3 Å². The van der Waals surface area contributed by atoms with Gasteiger partial charge in [0, 0.05) is 0 Å². The molecule has 0 radical (unpaired) electrons. The van der Waals surface area contributed by atoms with Crippen molar-refractivity contribution in [3.05, 3.63) is 28.7 Å². The lowest BCUT2D eigenvalue weighted by molar-refractivity contribution is -0.146. The molecule has 1 aliphatic carbocycles. The highest BCUT2D eigenvalue weighted by Crippen LogP contribution is 2.34. The maximum Gasteiger partial charge on any atom is 0.310 e. The summed E-state index contributed by atoms with van der Waals surface area (Å²) in [4.78, 5) is 11.1. The normalized spacial score (nSPS) is 17.2. The van der Waals surface area contributed by atoms with E-state index in [2.05, 4.69) is 15.9 Å². The first-order valence-electron chi connectivity index (χ1n) is 5.78. The van der Waals surface area contributed by atoms with Gasteiger partial charge in [0.25, 0.3) is 0 Å². The summed E-state index contributed by atoms with van der Waals surface area (Å²) in [6, 6.07) is 7.50. The maximum atomic E-state index is 11.1. The number of carboxylic acid groups (broad SMARTS) is 1. The monoisotopic (exact) mass is 298 g/mol. The van der Waals surface area contributed by atoms with Crippen LogP contribution in [0, 0.1) is 11.8 Å². The molecule has 1 atom stereocenters. The number of halogens is 1. The van der Waals surface area contributed by atoms with Crippen molar-refractivity contribution >= 4 is 21.9 Å². The van der Waals surface area contributed by atoms with Gasteiger partial charge in [-0.25, -0.2) is 0 Å². The van der Waals surface area contributed by atoms with E-state index in [4.69, 9.17) is 9.84 Å². The number of aliphatic carboxylic acids is 1. The molecule has 1 N–H and O–H groups in total. The summed E-state index contributed by atoms with van der Waals surface area (Å²) in [6.45, 7) is 0.253. The highest BCUT2D eigenvalue weighted by atomic mass is 79.9. The smallest absolute Gasteiger partial charge is 0.310 e. The number of benzene rings is 1. The van der Waals surface area contributed by atoms with E-state index in [1.165, 1.54) is 0 Å². The van der Waals surface area contributed by atoms with E-state index < -0.39 is 5.97 Å². The minimum absolute atomic E-state index is 0.253. The third-order valence-corrected chi connectivity index (χ3v) is 3.95. The Kier molecular flexibility index (Phi) is 4.05. The first-order valence-corrected chi connectivity index (χ1v) is 6.58. The largest absolute Gasteiger partial charge is 0.491 e. The number of ether oxygens (including phenoxy) is 1. The van der Waals surface area contributed by atoms with Gasteiger partial charge >= 0.3 is 5.97 Å². The molecule has 0 amide bonds. The fourth-order valence-corrected chi connectivity index (χ4v) is 2.39. The zero-order valence-electron chi connectivity index (χ0n) is 9.43. The molecule has 2 rings (SSSR count). The summed E-state index contributed by atoms with van der Waals surface area (Å²) in [7, 11) is 0. The van der Waals surface area contributed by atoms with Crippen molar-refractivity contribution in [1.29, 1.82) is 0 Å². The molecule has 1 fully saturated rings. The number of hydrogen-bond acceptors (Lipinski definition) is 2. The lowest BCUT2D eigenvalue weighted by Crippen LogP contribution is -2.33. The summed E-state index contributed by atoms with van der Waals surface area (Å²) in [5.74, 6) is -0.134. The van der Waals surface area contributed by atoms with Gasteiger partial charge in [0.15, 0.2) is 0 Å². The Labute approximate surface area is 109 Å². The predicted octanol–water partition coefficient (Wildman–Crippen LogP) is 3.33. The summed E-state index contributed by atoms with van der Waals surface area (Å²) in [6.07, 6.45) is 3.16. The van der Waals surface area contributed by atoms with Crippen molar-refractivity contribution in [2.24, 2.45) is 11.8 Å². The Morgan fingerprint density at radius 2 is 2.18 bits per heavy atom. The van der Waals surface area contributed by atoms with E-state index in [1.54, 1.807) is 0 Å². The highest BCUT2D eigenvalue weighted by Gasteiger charge is 2.33. The van der Waals surface area contributed by atoms with Crippen molar-refractivity contribution in [2.75, 3.05) is 6.61 Å². The summed E-state index contributed by atoms with van der Waals surface area (Å²) >= 11 is 3.38. The molecule has 0 spiro atoms. The fraction of sp³-hybridized carbons (Fsp3) is 0.462. The van der Waals surface area contributed by atoms with Gasteiger partial charge in [-0.2, -0.15) is 0 Å². The standard InChI is InChI=1S/C13H15BrO3/c14-11-6-1-2-7-12(11)17-8-10(13(15)16)9-4-3-5-9/h1-2,6-7,9-10H,3-5,8H2,(H,15,16). The second kappa shape index (κ2) is 5.54. The Morgan fingerprint density at radius 3 is 2.71 bits per heavy atom. The molecule has 1 aromatic rings. The molecular formula is C13H15BrO3. The van der Waals surface area contributed by atoms with Crippen LogP contribution < -0.4 is 4.74 Å². The summed E-state index contributed by atoms with van der Waals surface area (Å²) in [5.41, 5.74) is 0. The quantitative estimate of drug-likeness (QED) is 0.907. The Bertz CT molecular complexity index is 401. The van der Waals surface area contributed by atoms with Gasteiger partial charge in [0.1, 0.15) is 12.4 Å². The Hall–Kier alpha value is -1.03. The van der Waals surface area contributed by atoms with Crippen molar-refractivity contribution in [3.63, 3.8) is 0 Å². The van der Waals surface area contributed by atoms with Gasteiger partial charge in [0.05, 0.1) is 10.4 Å².